The van der Waals surface area contributed by atoms with E-state index in [4.69, 9.17) is 0 Å². The summed E-state index contributed by atoms with van der Waals surface area (Å²) in [5, 5.41) is 9.61. The van der Waals surface area contributed by atoms with Crippen molar-refractivity contribution in [2.75, 3.05) is 24.5 Å². The Bertz CT molecular complexity index is 1080. The molecule has 1 saturated heterocycles. The Balaban J connectivity index is 1.39. The predicted molar refractivity (Wildman–Crippen MR) is 128 cm³/mol. The van der Waals surface area contributed by atoms with Crippen LogP contribution in [0.25, 0.3) is 5.69 Å². The quantitative estimate of drug-likeness (QED) is 0.527. The van der Waals surface area contributed by atoms with Gasteiger partial charge in [0.15, 0.2) is 11.0 Å². The molecular formula is C25H29N5OS. The number of carbonyl (C=O) groups excluding carboxylic acids is 1. The minimum Gasteiger partial charge on any atom is -0.311 e. The normalized spacial score (nSPS) is 17.3. The van der Waals surface area contributed by atoms with E-state index in [0.29, 0.717) is 0 Å². The molecule has 5 rings (SSSR count). The van der Waals surface area contributed by atoms with Crippen LogP contribution in [0.4, 0.5) is 5.69 Å². The molecule has 0 saturated carbocycles. The largest absolute Gasteiger partial charge is 0.311 e. The van der Waals surface area contributed by atoms with Crippen LogP contribution < -0.4 is 4.90 Å². The van der Waals surface area contributed by atoms with E-state index in [2.05, 4.69) is 37.9 Å². The fourth-order valence-corrected chi connectivity index (χ4v) is 5.58. The number of aromatic nitrogens is 3. The molecule has 3 aromatic rings. The number of hydrogen-bond acceptors (Lipinski definition) is 5. The van der Waals surface area contributed by atoms with Gasteiger partial charge in [-0.15, -0.1) is 10.2 Å². The van der Waals surface area contributed by atoms with Crippen LogP contribution in [-0.2, 0) is 17.8 Å². The molecule has 0 aliphatic carbocycles. The molecule has 2 aliphatic rings. The second-order valence-electron chi connectivity index (χ2n) is 8.54. The van der Waals surface area contributed by atoms with Gasteiger partial charge in [0, 0.05) is 17.9 Å². The number of benzene rings is 2. The highest BCUT2D eigenvalue weighted by atomic mass is 32.2. The molecule has 2 aliphatic heterocycles. The van der Waals surface area contributed by atoms with Crippen LogP contribution in [0.1, 0.15) is 37.6 Å². The van der Waals surface area contributed by atoms with E-state index in [1.807, 2.05) is 48.2 Å². The van der Waals surface area contributed by atoms with E-state index >= 15 is 0 Å². The van der Waals surface area contributed by atoms with E-state index in [9.17, 15) is 4.79 Å². The Hall–Kier alpha value is -2.64. The molecule has 2 aromatic carbocycles. The number of para-hydroxylation sites is 2. The SMILES string of the molecule is C[C@@H](Sc1nnc(CN2CCCCC2)n1-c1ccccc1)C(=O)N1CCc2ccccc21. The Morgan fingerprint density at radius 1 is 0.969 bits per heavy atom. The van der Waals surface area contributed by atoms with Crippen LogP contribution in [0.2, 0.25) is 0 Å². The van der Waals surface area contributed by atoms with Gasteiger partial charge in [0.2, 0.25) is 5.91 Å². The average molecular weight is 448 g/mol. The van der Waals surface area contributed by atoms with Crippen LogP contribution in [0.15, 0.2) is 59.8 Å². The third-order valence-corrected chi connectivity index (χ3v) is 7.34. The Morgan fingerprint density at radius 2 is 1.72 bits per heavy atom. The molecule has 7 heteroatoms. The first-order valence-electron chi connectivity index (χ1n) is 11.5. The lowest BCUT2D eigenvalue weighted by Gasteiger charge is -2.26. The molecule has 1 fully saturated rings. The number of thioether (sulfide) groups is 1. The number of amides is 1. The summed E-state index contributed by atoms with van der Waals surface area (Å²) in [6, 6.07) is 18.4. The van der Waals surface area contributed by atoms with Gasteiger partial charge in [-0.1, -0.05) is 54.6 Å². The average Bonchev–Trinajstić information content (AvgIpc) is 3.44. The van der Waals surface area contributed by atoms with Crippen molar-refractivity contribution in [2.24, 2.45) is 0 Å². The van der Waals surface area contributed by atoms with Crippen LogP contribution in [-0.4, -0.2) is 50.5 Å². The van der Waals surface area contributed by atoms with Crippen molar-refractivity contribution in [1.29, 1.82) is 0 Å². The molecule has 166 valence electrons. The Labute approximate surface area is 193 Å². The number of piperidine rings is 1. The highest BCUT2D eigenvalue weighted by Crippen LogP contribution is 2.32. The molecule has 3 heterocycles. The van der Waals surface area contributed by atoms with E-state index in [-0.39, 0.29) is 11.2 Å². The summed E-state index contributed by atoms with van der Waals surface area (Å²) in [6.45, 7) is 5.71. The fourth-order valence-electron chi connectivity index (χ4n) is 4.63. The number of rotatable bonds is 6. The summed E-state index contributed by atoms with van der Waals surface area (Å²) >= 11 is 1.50. The topological polar surface area (TPSA) is 54.3 Å². The summed E-state index contributed by atoms with van der Waals surface area (Å²) in [5.74, 6) is 1.06. The van der Waals surface area contributed by atoms with Crippen LogP contribution in [0.5, 0.6) is 0 Å². The zero-order valence-electron chi connectivity index (χ0n) is 18.5. The smallest absolute Gasteiger partial charge is 0.240 e. The number of fused-ring (bicyclic) bond motifs is 1. The van der Waals surface area contributed by atoms with Crippen molar-refractivity contribution in [3.63, 3.8) is 0 Å². The first kappa shape index (κ1) is 21.2. The van der Waals surface area contributed by atoms with E-state index < -0.39 is 0 Å². The molecule has 0 radical (unpaired) electrons. The summed E-state index contributed by atoms with van der Waals surface area (Å²) in [5.41, 5.74) is 3.33. The van der Waals surface area contributed by atoms with Gasteiger partial charge in [0.25, 0.3) is 0 Å². The lowest BCUT2D eigenvalue weighted by molar-refractivity contribution is -0.117. The predicted octanol–water partition coefficient (Wildman–Crippen LogP) is 4.32. The first-order valence-corrected chi connectivity index (χ1v) is 12.4. The molecular weight excluding hydrogens is 418 g/mol. The third-order valence-electron chi connectivity index (χ3n) is 6.31. The number of nitrogens with zero attached hydrogens (tertiary/aromatic N) is 5. The molecule has 0 bridgehead atoms. The Kier molecular flexibility index (Phi) is 6.28. The summed E-state index contributed by atoms with van der Waals surface area (Å²) < 4.78 is 2.13. The van der Waals surface area contributed by atoms with Gasteiger partial charge in [0.1, 0.15) is 0 Å². The van der Waals surface area contributed by atoms with Crippen molar-refractivity contribution >= 4 is 23.4 Å². The highest BCUT2D eigenvalue weighted by molar-refractivity contribution is 8.00. The summed E-state index contributed by atoms with van der Waals surface area (Å²) in [7, 11) is 0. The Morgan fingerprint density at radius 3 is 2.53 bits per heavy atom. The summed E-state index contributed by atoms with van der Waals surface area (Å²) in [4.78, 5) is 17.7. The van der Waals surface area contributed by atoms with E-state index in [0.717, 1.165) is 55.0 Å². The number of anilines is 1. The zero-order chi connectivity index (χ0) is 21.9. The maximum atomic E-state index is 13.3. The van der Waals surface area contributed by atoms with Crippen LogP contribution >= 0.6 is 11.8 Å². The second kappa shape index (κ2) is 9.46. The number of hydrogen-bond donors (Lipinski definition) is 0. The van der Waals surface area contributed by atoms with Gasteiger partial charge < -0.3 is 4.90 Å². The molecule has 32 heavy (non-hydrogen) atoms. The van der Waals surface area contributed by atoms with Crippen molar-refractivity contribution in [2.45, 2.75) is 49.6 Å². The fraction of sp³-hybridized carbons (Fsp3) is 0.400. The molecule has 0 spiro atoms. The highest BCUT2D eigenvalue weighted by Gasteiger charge is 2.30. The van der Waals surface area contributed by atoms with Gasteiger partial charge in [-0.25, -0.2) is 0 Å². The van der Waals surface area contributed by atoms with E-state index in [1.165, 1.54) is 36.6 Å². The maximum absolute atomic E-state index is 13.3. The van der Waals surface area contributed by atoms with Gasteiger partial charge in [-0.05, 0) is 63.0 Å². The van der Waals surface area contributed by atoms with Gasteiger partial charge >= 0.3 is 0 Å². The minimum atomic E-state index is -0.254. The van der Waals surface area contributed by atoms with E-state index in [1.54, 1.807) is 0 Å². The molecule has 0 unspecified atom stereocenters. The zero-order valence-corrected chi connectivity index (χ0v) is 19.3. The standard InChI is InChI=1S/C25H29N5OS/c1-19(24(31)29-17-14-20-10-6-7-13-22(20)29)32-25-27-26-23(18-28-15-8-3-9-16-28)30(25)21-11-4-2-5-12-21/h2,4-7,10-13,19H,3,8-9,14-18H2,1H3/t19-/m1/s1. The van der Waals surface area contributed by atoms with Gasteiger partial charge in [-0.3, -0.25) is 14.3 Å². The van der Waals surface area contributed by atoms with Crippen LogP contribution in [0, 0.1) is 0 Å². The van der Waals surface area contributed by atoms with Crippen molar-refractivity contribution in [3.05, 3.63) is 66.0 Å². The first-order chi connectivity index (χ1) is 15.7. The molecule has 1 amide bonds. The third kappa shape index (κ3) is 4.32. The number of likely N-dealkylation sites (tertiary alicyclic amines) is 1. The second-order valence-corrected chi connectivity index (χ2v) is 9.84. The lowest BCUT2D eigenvalue weighted by Crippen LogP contribution is -2.35. The van der Waals surface area contributed by atoms with Crippen molar-refractivity contribution in [1.82, 2.24) is 19.7 Å². The van der Waals surface area contributed by atoms with Crippen molar-refractivity contribution in [3.8, 4) is 5.69 Å². The lowest BCUT2D eigenvalue weighted by atomic mass is 10.1. The number of carbonyl (C=O) groups is 1. The van der Waals surface area contributed by atoms with Crippen molar-refractivity contribution < 1.29 is 4.79 Å². The minimum absolute atomic E-state index is 0.125. The molecule has 0 N–H and O–H groups in total. The monoisotopic (exact) mass is 447 g/mol. The maximum Gasteiger partial charge on any atom is 0.240 e. The summed E-state index contributed by atoms with van der Waals surface area (Å²) in [6.07, 6.45) is 4.70. The molecule has 6 nitrogen and oxygen atoms in total. The van der Waals surface area contributed by atoms with Crippen LogP contribution in [0.3, 0.4) is 0 Å². The molecule has 1 aromatic heterocycles. The molecule has 1 atom stereocenters. The van der Waals surface area contributed by atoms with Gasteiger partial charge in [0.05, 0.1) is 11.8 Å². The van der Waals surface area contributed by atoms with Gasteiger partial charge in [-0.2, -0.15) is 0 Å².